The summed E-state index contributed by atoms with van der Waals surface area (Å²) < 4.78 is 55.3. The van der Waals surface area contributed by atoms with Crippen LogP contribution in [0.4, 0.5) is 18.9 Å². The van der Waals surface area contributed by atoms with Gasteiger partial charge in [0.15, 0.2) is 0 Å². The van der Waals surface area contributed by atoms with Crippen LogP contribution in [0.5, 0.6) is 5.75 Å². The van der Waals surface area contributed by atoms with Crippen LogP contribution in [0.15, 0.2) is 67.0 Å². The van der Waals surface area contributed by atoms with Crippen LogP contribution in [0.2, 0.25) is 5.02 Å². The number of hydrogen-bond acceptors (Lipinski definition) is 5. The summed E-state index contributed by atoms with van der Waals surface area (Å²) in [5, 5.41) is 0.356. The molecule has 9 heteroatoms. The third kappa shape index (κ3) is 11.3. The van der Waals surface area contributed by atoms with Crippen molar-refractivity contribution in [1.82, 2.24) is 0 Å². The molecule has 222 valence electrons. The largest absolute Gasteiger partial charge is 0.496 e. The molecule has 0 bridgehead atoms. The molecule has 1 atom stereocenters. The molecule has 2 aromatic rings. The summed E-state index contributed by atoms with van der Waals surface area (Å²) in [5.41, 5.74) is 0.658. The monoisotopic (exact) mass is 583 g/mol. The highest BCUT2D eigenvalue weighted by Crippen LogP contribution is 2.40. The first-order chi connectivity index (χ1) is 18.9. The van der Waals surface area contributed by atoms with Gasteiger partial charge in [-0.25, -0.2) is 0 Å². The number of methoxy groups -OCH3 is 1. The van der Waals surface area contributed by atoms with Crippen molar-refractivity contribution in [1.29, 1.82) is 0 Å². The number of allylic oxidation sites excluding steroid dienone is 1. The molecule has 0 N–H and O–H groups in total. The summed E-state index contributed by atoms with van der Waals surface area (Å²) in [6.07, 6.45) is -0.382. The van der Waals surface area contributed by atoms with Gasteiger partial charge in [0, 0.05) is 16.3 Å². The van der Waals surface area contributed by atoms with Gasteiger partial charge in [-0.2, -0.15) is 13.2 Å². The number of rotatable bonds is 8. The van der Waals surface area contributed by atoms with Gasteiger partial charge in [-0.3, -0.25) is 4.79 Å². The number of unbranched alkanes of at least 4 members (excludes halogenated alkanes) is 3. The number of benzene rings is 2. The maximum Gasteiger partial charge on any atom is 0.431 e. The maximum atomic E-state index is 13.3. The van der Waals surface area contributed by atoms with Crippen LogP contribution in [0.1, 0.15) is 64.0 Å². The van der Waals surface area contributed by atoms with Gasteiger partial charge in [0.25, 0.3) is 0 Å². The van der Waals surface area contributed by atoms with Crippen LogP contribution in [-0.2, 0) is 20.9 Å². The Morgan fingerprint density at radius 2 is 1.75 bits per heavy atom. The molecule has 0 aromatic heterocycles. The fourth-order valence-electron chi connectivity index (χ4n) is 3.75. The highest BCUT2D eigenvalue weighted by Gasteiger charge is 2.41. The summed E-state index contributed by atoms with van der Waals surface area (Å²) in [4.78, 5) is 12.6. The van der Waals surface area contributed by atoms with E-state index in [1.54, 1.807) is 14.0 Å². The number of fused-ring (bicyclic) bond motifs is 1. The summed E-state index contributed by atoms with van der Waals surface area (Å²) in [7, 11) is 1.68. The van der Waals surface area contributed by atoms with E-state index in [1.165, 1.54) is 49.4 Å². The van der Waals surface area contributed by atoms with Gasteiger partial charge in [0.05, 0.1) is 32.4 Å². The van der Waals surface area contributed by atoms with Gasteiger partial charge in [-0.05, 0) is 43.7 Å². The van der Waals surface area contributed by atoms with Gasteiger partial charge in [-0.15, -0.1) is 0 Å². The number of anilines is 1. The van der Waals surface area contributed by atoms with E-state index < -0.39 is 23.9 Å². The fourth-order valence-corrected chi connectivity index (χ4v) is 3.95. The van der Waals surface area contributed by atoms with E-state index in [0.29, 0.717) is 10.6 Å². The van der Waals surface area contributed by atoms with Crippen molar-refractivity contribution in [2.24, 2.45) is 0 Å². The zero-order chi connectivity index (χ0) is 30.3. The first-order valence-electron chi connectivity index (χ1n) is 13.3. The van der Waals surface area contributed by atoms with E-state index in [-0.39, 0.29) is 31.0 Å². The van der Waals surface area contributed by atoms with Crippen molar-refractivity contribution in [3.05, 3.63) is 83.2 Å². The lowest BCUT2D eigenvalue weighted by atomic mass is 10.1. The van der Waals surface area contributed by atoms with Crippen molar-refractivity contribution in [2.45, 2.75) is 78.7 Å². The first-order valence-corrected chi connectivity index (χ1v) is 13.7. The maximum absolute atomic E-state index is 13.3. The lowest BCUT2D eigenvalue weighted by Gasteiger charge is -2.31. The quantitative estimate of drug-likeness (QED) is 0.229. The van der Waals surface area contributed by atoms with Crippen LogP contribution in [0.3, 0.4) is 0 Å². The van der Waals surface area contributed by atoms with E-state index in [4.69, 9.17) is 25.8 Å². The molecule has 3 rings (SSSR count). The summed E-state index contributed by atoms with van der Waals surface area (Å²) >= 11 is 5.93. The summed E-state index contributed by atoms with van der Waals surface area (Å²) in [6.45, 7) is 15.1. The van der Waals surface area contributed by atoms with Gasteiger partial charge in [0.1, 0.15) is 17.6 Å². The Hall–Kier alpha value is -2.97. The Morgan fingerprint density at radius 3 is 2.25 bits per heavy atom. The number of para-hydroxylation sites is 1. The lowest BCUT2D eigenvalue weighted by Crippen LogP contribution is -2.35. The van der Waals surface area contributed by atoms with Crippen molar-refractivity contribution in [3.63, 3.8) is 0 Å². The summed E-state index contributed by atoms with van der Waals surface area (Å²) in [6, 6.07) is 12.4. The molecule has 0 saturated carbocycles. The molecule has 1 aliphatic heterocycles. The molecule has 5 nitrogen and oxygen atoms in total. The highest BCUT2D eigenvalue weighted by molar-refractivity contribution is 6.30. The van der Waals surface area contributed by atoms with Crippen molar-refractivity contribution < 1.29 is 32.2 Å². The Kier molecular flexibility index (Phi) is 15.5. The standard InChI is InChI=1S/C17H17ClF3NO3.C8H10O.C6H14/c1-4-24-16(23)8-15-10(2)22(11(3)17(19,20)21)14-6-5-13(18)7-12(14)9-25-15;1-7-5-3-4-6-8(7)9-2;1-3-5-6-4-2/h5-7,15H,2-4,8-9H2,1H3;3-6H,1-2H3;3-6H2,1-2H3. The van der Waals surface area contributed by atoms with Crippen LogP contribution in [0, 0.1) is 6.92 Å². The number of alkyl halides is 3. The number of carbonyl (C=O) groups is 1. The van der Waals surface area contributed by atoms with Gasteiger partial charge < -0.3 is 19.1 Å². The van der Waals surface area contributed by atoms with E-state index in [0.717, 1.165) is 10.6 Å². The molecule has 1 aliphatic rings. The average Bonchev–Trinajstić information content (AvgIpc) is 3.03. The number of aryl methyl sites for hydroxylation is 1. The minimum absolute atomic E-state index is 0.0272. The van der Waals surface area contributed by atoms with Crippen molar-refractivity contribution in [2.75, 3.05) is 18.6 Å². The van der Waals surface area contributed by atoms with Gasteiger partial charge >= 0.3 is 12.1 Å². The fraction of sp³-hybridized carbons (Fsp3) is 0.452. The van der Waals surface area contributed by atoms with Crippen LogP contribution in [-0.4, -0.2) is 32.0 Å². The Morgan fingerprint density at radius 1 is 1.12 bits per heavy atom. The molecule has 0 amide bonds. The first kappa shape index (κ1) is 35.1. The number of esters is 1. The number of nitrogens with zero attached hydrogens (tertiary/aromatic N) is 1. The second kappa shape index (κ2) is 17.7. The predicted octanol–water partition coefficient (Wildman–Crippen LogP) is 9.18. The topological polar surface area (TPSA) is 48.0 Å². The van der Waals surface area contributed by atoms with E-state index in [9.17, 15) is 18.0 Å². The second-order valence-corrected chi connectivity index (χ2v) is 9.47. The van der Waals surface area contributed by atoms with Gasteiger partial charge in [-0.1, -0.05) is 82.5 Å². The lowest BCUT2D eigenvalue weighted by molar-refractivity contribution is -0.145. The van der Waals surface area contributed by atoms with Crippen molar-refractivity contribution in [3.8, 4) is 5.75 Å². The predicted molar refractivity (Wildman–Crippen MR) is 156 cm³/mol. The zero-order valence-corrected chi connectivity index (χ0v) is 24.8. The summed E-state index contributed by atoms with van der Waals surface area (Å²) in [5.74, 6) is 0.368. The Bertz CT molecular complexity index is 1100. The number of ether oxygens (including phenoxy) is 3. The normalized spacial score (nSPS) is 14.5. The van der Waals surface area contributed by atoms with E-state index >= 15 is 0 Å². The molecular weight excluding hydrogens is 543 g/mol. The van der Waals surface area contributed by atoms with Crippen molar-refractivity contribution >= 4 is 23.3 Å². The SMILES string of the molecule is C=C1C(CC(=O)OCC)OCc2cc(Cl)ccc2N1C(=C)C(F)(F)F.CCCCCC.COc1ccccc1C. The third-order valence-electron chi connectivity index (χ3n) is 5.91. The molecule has 0 aliphatic carbocycles. The van der Waals surface area contributed by atoms with Crippen LogP contribution in [0.25, 0.3) is 0 Å². The molecule has 40 heavy (non-hydrogen) atoms. The molecule has 1 heterocycles. The number of halogens is 4. The minimum Gasteiger partial charge on any atom is -0.496 e. The molecular formula is C31H41ClF3NO4. The molecule has 0 radical (unpaired) electrons. The second-order valence-electron chi connectivity index (χ2n) is 9.03. The zero-order valence-electron chi connectivity index (χ0n) is 24.1. The smallest absolute Gasteiger partial charge is 0.431 e. The average molecular weight is 584 g/mol. The van der Waals surface area contributed by atoms with E-state index in [2.05, 4.69) is 27.0 Å². The molecule has 1 unspecified atom stereocenters. The minimum atomic E-state index is -4.68. The Balaban J connectivity index is 0.000000434. The van der Waals surface area contributed by atoms with E-state index in [1.807, 2.05) is 31.2 Å². The molecule has 2 aromatic carbocycles. The molecule has 0 saturated heterocycles. The van der Waals surface area contributed by atoms with Gasteiger partial charge in [0.2, 0.25) is 0 Å². The Labute approximate surface area is 241 Å². The highest BCUT2D eigenvalue weighted by atomic mass is 35.5. The number of carbonyl (C=O) groups excluding carboxylic acids is 1. The van der Waals surface area contributed by atoms with Crippen LogP contribution >= 0.6 is 11.6 Å². The third-order valence-corrected chi connectivity index (χ3v) is 6.14. The molecule has 0 spiro atoms. The molecule has 0 fully saturated rings. The van der Waals surface area contributed by atoms with Crippen LogP contribution < -0.4 is 9.64 Å². The number of hydrogen-bond donors (Lipinski definition) is 0.